The van der Waals surface area contributed by atoms with Gasteiger partial charge in [0.1, 0.15) is 0 Å². The molecule has 2 unspecified atom stereocenters. The summed E-state index contributed by atoms with van der Waals surface area (Å²) >= 11 is 0. The fraction of sp³-hybridized carbons (Fsp3) is 0.588. The number of piperidine rings is 1. The van der Waals surface area contributed by atoms with E-state index in [0.29, 0.717) is 18.5 Å². The van der Waals surface area contributed by atoms with Gasteiger partial charge in [0.05, 0.1) is 11.6 Å². The Bertz CT molecular complexity index is 525. The summed E-state index contributed by atoms with van der Waals surface area (Å²) in [5.41, 5.74) is 0.0159. The van der Waals surface area contributed by atoms with E-state index in [9.17, 15) is 18.0 Å². The molecule has 0 aliphatic carbocycles. The van der Waals surface area contributed by atoms with Gasteiger partial charge in [0.2, 0.25) is 5.91 Å². The summed E-state index contributed by atoms with van der Waals surface area (Å²) in [4.78, 5) is 12.0. The predicted molar refractivity (Wildman–Crippen MR) is 83.1 cm³/mol. The van der Waals surface area contributed by atoms with Crippen molar-refractivity contribution in [2.75, 3.05) is 13.1 Å². The average molecular weight is 328 g/mol. The van der Waals surface area contributed by atoms with Gasteiger partial charge in [0.15, 0.2) is 0 Å². The largest absolute Gasteiger partial charge is 0.416 e. The van der Waals surface area contributed by atoms with E-state index < -0.39 is 11.7 Å². The molecule has 1 amide bonds. The number of carbonyl (C=O) groups excluding carboxylic acids is 1. The minimum Gasteiger partial charge on any atom is -0.355 e. The summed E-state index contributed by atoms with van der Waals surface area (Å²) in [6, 6.07) is 5.26. The van der Waals surface area contributed by atoms with Crippen molar-refractivity contribution in [3.05, 3.63) is 35.4 Å². The standard InChI is InChI=1S/C17H23F3N2O/c1-12(13-5-4-6-14(11-13)17(18,19)20)8-10-22-16(23)15-7-2-3-9-21-15/h4-6,11-12,15,21H,2-3,7-10H2,1H3,(H,22,23). The Morgan fingerprint density at radius 1 is 1.39 bits per heavy atom. The van der Waals surface area contributed by atoms with Crippen molar-refractivity contribution in [3.8, 4) is 0 Å². The number of alkyl halides is 3. The highest BCUT2D eigenvalue weighted by atomic mass is 19.4. The zero-order valence-electron chi connectivity index (χ0n) is 13.2. The molecule has 3 nitrogen and oxygen atoms in total. The Labute approximate surface area is 134 Å². The van der Waals surface area contributed by atoms with Crippen LogP contribution in [0.2, 0.25) is 0 Å². The van der Waals surface area contributed by atoms with Crippen molar-refractivity contribution >= 4 is 5.91 Å². The molecule has 23 heavy (non-hydrogen) atoms. The highest BCUT2D eigenvalue weighted by Gasteiger charge is 2.30. The van der Waals surface area contributed by atoms with Crippen LogP contribution in [0.5, 0.6) is 0 Å². The van der Waals surface area contributed by atoms with Gasteiger partial charge >= 0.3 is 6.18 Å². The average Bonchev–Trinajstić information content (AvgIpc) is 2.54. The number of amides is 1. The molecule has 128 valence electrons. The molecule has 0 saturated carbocycles. The Balaban J connectivity index is 1.82. The fourth-order valence-corrected chi connectivity index (χ4v) is 2.80. The number of benzene rings is 1. The van der Waals surface area contributed by atoms with Gasteiger partial charge in [-0.15, -0.1) is 0 Å². The molecule has 0 spiro atoms. The Morgan fingerprint density at radius 2 is 2.17 bits per heavy atom. The predicted octanol–water partition coefficient (Wildman–Crippen LogP) is 3.46. The number of nitrogens with one attached hydrogen (secondary N) is 2. The second kappa shape index (κ2) is 7.81. The maximum atomic E-state index is 12.7. The van der Waals surface area contributed by atoms with Crippen molar-refractivity contribution in [2.45, 2.75) is 50.7 Å². The van der Waals surface area contributed by atoms with Crippen LogP contribution in [0.25, 0.3) is 0 Å². The normalized spacial score (nSPS) is 20.1. The van der Waals surface area contributed by atoms with Crippen molar-refractivity contribution < 1.29 is 18.0 Å². The number of halogens is 3. The summed E-state index contributed by atoms with van der Waals surface area (Å²) in [5, 5.41) is 6.05. The molecule has 1 fully saturated rings. The molecule has 2 N–H and O–H groups in total. The van der Waals surface area contributed by atoms with E-state index in [1.54, 1.807) is 6.07 Å². The van der Waals surface area contributed by atoms with Crippen LogP contribution in [-0.2, 0) is 11.0 Å². The maximum absolute atomic E-state index is 12.7. The summed E-state index contributed by atoms with van der Waals surface area (Å²) in [6.07, 6.45) is -0.729. The van der Waals surface area contributed by atoms with E-state index in [1.165, 1.54) is 12.1 Å². The summed E-state index contributed by atoms with van der Waals surface area (Å²) in [7, 11) is 0. The molecule has 1 saturated heterocycles. The van der Waals surface area contributed by atoms with Gasteiger partial charge in [-0.3, -0.25) is 4.79 Å². The van der Waals surface area contributed by atoms with Gasteiger partial charge in [0.25, 0.3) is 0 Å². The van der Waals surface area contributed by atoms with Gasteiger partial charge < -0.3 is 10.6 Å². The van der Waals surface area contributed by atoms with Gasteiger partial charge in [0, 0.05) is 6.54 Å². The molecular formula is C17H23F3N2O. The second-order valence-corrected chi connectivity index (χ2v) is 6.11. The Hall–Kier alpha value is -1.56. The van der Waals surface area contributed by atoms with Crippen LogP contribution in [-0.4, -0.2) is 25.0 Å². The summed E-state index contributed by atoms with van der Waals surface area (Å²) in [5.74, 6) is -0.0575. The first kappa shape index (κ1) is 17.8. The van der Waals surface area contributed by atoms with Gasteiger partial charge in [-0.25, -0.2) is 0 Å². The molecule has 6 heteroatoms. The minimum atomic E-state index is -4.32. The minimum absolute atomic E-state index is 0.0130. The molecule has 1 heterocycles. The first-order chi connectivity index (χ1) is 10.9. The monoisotopic (exact) mass is 328 g/mol. The lowest BCUT2D eigenvalue weighted by atomic mass is 9.96. The summed E-state index contributed by atoms with van der Waals surface area (Å²) in [6.45, 7) is 3.20. The Morgan fingerprint density at radius 3 is 2.83 bits per heavy atom. The molecule has 1 aliphatic rings. The van der Waals surface area contributed by atoms with Gasteiger partial charge in [-0.2, -0.15) is 13.2 Å². The van der Waals surface area contributed by atoms with E-state index in [2.05, 4.69) is 10.6 Å². The third kappa shape index (κ3) is 5.23. The zero-order valence-corrected chi connectivity index (χ0v) is 13.2. The van der Waals surface area contributed by atoms with Crippen molar-refractivity contribution in [3.63, 3.8) is 0 Å². The van der Waals surface area contributed by atoms with E-state index >= 15 is 0 Å². The molecule has 1 aromatic rings. The van der Waals surface area contributed by atoms with Crippen molar-refractivity contribution in [2.24, 2.45) is 0 Å². The van der Waals surface area contributed by atoms with E-state index in [-0.39, 0.29) is 17.9 Å². The highest BCUT2D eigenvalue weighted by molar-refractivity contribution is 5.81. The van der Waals surface area contributed by atoms with Gasteiger partial charge in [-0.05, 0) is 43.4 Å². The highest BCUT2D eigenvalue weighted by Crippen LogP contribution is 2.31. The molecule has 0 radical (unpaired) electrons. The zero-order chi connectivity index (χ0) is 16.9. The van der Waals surface area contributed by atoms with Crippen LogP contribution in [0.4, 0.5) is 13.2 Å². The quantitative estimate of drug-likeness (QED) is 0.869. The van der Waals surface area contributed by atoms with Crippen LogP contribution in [0.3, 0.4) is 0 Å². The third-order valence-corrected chi connectivity index (χ3v) is 4.29. The number of hydrogen-bond acceptors (Lipinski definition) is 2. The molecule has 2 atom stereocenters. The van der Waals surface area contributed by atoms with E-state index in [4.69, 9.17) is 0 Å². The smallest absolute Gasteiger partial charge is 0.355 e. The lowest BCUT2D eigenvalue weighted by molar-refractivity contribution is -0.137. The first-order valence-corrected chi connectivity index (χ1v) is 8.06. The van der Waals surface area contributed by atoms with Crippen molar-refractivity contribution in [1.29, 1.82) is 0 Å². The fourth-order valence-electron chi connectivity index (χ4n) is 2.80. The molecule has 2 rings (SSSR count). The van der Waals surface area contributed by atoms with Crippen LogP contribution in [0.1, 0.15) is 49.7 Å². The number of rotatable bonds is 5. The summed E-state index contributed by atoms with van der Waals surface area (Å²) < 4.78 is 38.2. The van der Waals surface area contributed by atoms with Crippen LogP contribution in [0.15, 0.2) is 24.3 Å². The topological polar surface area (TPSA) is 41.1 Å². The number of hydrogen-bond donors (Lipinski definition) is 2. The molecule has 1 aromatic carbocycles. The van der Waals surface area contributed by atoms with Crippen molar-refractivity contribution in [1.82, 2.24) is 10.6 Å². The van der Waals surface area contributed by atoms with Crippen LogP contribution >= 0.6 is 0 Å². The third-order valence-electron chi connectivity index (χ3n) is 4.29. The SMILES string of the molecule is CC(CCNC(=O)C1CCCCN1)c1cccc(C(F)(F)F)c1. The lowest BCUT2D eigenvalue weighted by Gasteiger charge is -2.23. The lowest BCUT2D eigenvalue weighted by Crippen LogP contribution is -2.46. The number of carbonyl (C=O) groups is 1. The maximum Gasteiger partial charge on any atom is 0.416 e. The Kier molecular flexibility index (Phi) is 6.04. The molecule has 1 aliphatic heterocycles. The molecule has 0 aromatic heterocycles. The van der Waals surface area contributed by atoms with Crippen LogP contribution in [0, 0.1) is 0 Å². The first-order valence-electron chi connectivity index (χ1n) is 8.06. The van der Waals surface area contributed by atoms with E-state index in [0.717, 1.165) is 31.9 Å². The second-order valence-electron chi connectivity index (χ2n) is 6.11. The van der Waals surface area contributed by atoms with Gasteiger partial charge in [-0.1, -0.05) is 31.5 Å². The van der Waals surface area contributed by atoms with E-state index in [1.807, 2.05) is 6.92 Å². The molecular weight excluding hydrogens is 305 g/mol. The van der Waals surface area contributed by atoms with Crippen LogP contribution < -0.4 is 10.6 Å². The molecule has 0 bridgehead atoms.